The van der Waals surface area contributed by atoms with Gasteiger partial charge in [-0.15, -0.1) is 0 Å². The molecule has 5 heteroatoms. The normalized spacial score (nSPS) is 24.7. The van der Waals surface area contributed by atoms with Gasteiger partial charge >= 0.3 is 5.97 Å². The molecule has 1 aliphatic heterocycles. The van der Waals surface area contributed by atoms with E-state index in [4.69, 9.17) is 21.4 Å². The third kappa shape index (κ3) is 2.72. The monoisotopic (exact) mass is 303 g/mol. The zero-order valence-corrected chi connectivity index (χ0v) is 12.1. The minimum atomic E-state index is -0.842. The smallest absolute Gasteiger partial charge is 0.310 e. The van der Waals surface area contributed by atoms with Crippen LogP contribution < -0.4 is 0 Å². The molecule has 0 saturated heterocycles. The lowest BCUT2D eigenvalue weighted by Gasteiger charge is -2.18. The minimum absolute atomic E-state index is 0.166. The molecule has 0 aromatic heterocycles. The van der Waals surface area contributed by atoms with Crippen molar-refractivity contribution in [1.29, 1.82) is 0 Å². The number of benzene rings is 1. The molecule has 0 spiro atoms. The number of fused-ring (bicyclic) bond motifs is 1. The first kappa shape index (κ1) is 13.9. The second-order valence-electron chi connectivity index (χ2n) is 5.10. The molecule has 0 radical (unpaired) electrons. The Hall–Kier alpha value is -2.07. The van der Waals surface area contributed by atoms with Gasteiger partial charge in [-0.3, -0.25) is 4.79 Å². The Labute approximate surface area is 127 Å². The first-order valence-corrected chi connectivity index (χ1v) is 7.05. The molecule has 3 rings (SSSR count). The molecule has 4 nitrogen and oxygen atoms in total. The van der Waals surface area contributed by atoms with Crippen LogP contribution in [-0.4, -0.2) is 29.1 Å². The molecule has 108 valence electrons. The van der Waals surface area contributed by atoms with Gasteiger partial charge in [0.25, 0.3) is 0 Å². The van der Waals surface area contributed by atoms with Gasteiger partial charge in [0, 0.05) is 10.6 Å². The van der Waals surface area contributed by atoms with Crippen molar-refractivity contribution in [3.63, 3.8) is 0 Å². The van der Waals surface area contributed by atoms with Gasteiger partial charge in [-0.05, 0) is 42.8 Å². The highest BCUT2D eigenvalue weighted by Crippen LogP contribution is 2.28. The molecule has 1 aromatic rings. The lowest BCUT2D eigenvalue weighted by molar-refractivity contribution is -0.139. The maximum Gasteiger partial charge on any atom is 0.310 e. The number of aliphatic carboxylic acids is 1. The molecule has 0 fully saturated rings. The fourth-order valence-electron chi connectivity index (χ4n) is 2.35. The van der Waals surface area contributed by atoms with E-state index in [0.717, 1.165) is 11.1 Å². The summed E-state index contributed by atoms with van der Waals surface area (Å²) in [6, 6.07) is 7.11. The van der Waals surface area contributed by atoms with Gasteiger partial charge in [0.2, 0.25) is 5.90 Å². The quantitative estimate of drug-likeness (QED) is 0.933. The Morgan fingerprint density at radius 3 is 2.76 bits per heavy atom. The number of carboxylic acids is 1. The highest BCUT2D eigenvalue weighted by Gasteiger charge is 2.32. The molecule has 2 aliphatic rings. The largest absolute Gasteiger partial charge is 0.481 e. The fourth-order valence-corrected chi connectivity index (χ4v) is 2.47. The molecule has 0 saturated carbocycles. The molecular formula is C16H14ClNO3. The number of carboxylic acid groups (broad SMARTS) is 1. The van der Waals surface area contributed by atoms with Crippen molar-refractivity contribution in [2.75, 3.05) is 0 Å². The number of nitrogens with zero attached hydrogens (tertiary/aromatic N) is 1. The minimum Gasteiger partial charge on any atom is -0.481 e. The van der Waals surface area contributed by atoms with Crippen LogP contribution in [0.5, 0.6) is 0 Å². The lowest BCUT2D eigenvalue weighted by Crippen LogP contribution is -2.23. The lowest BCUT2D eigenvalue weighted by atomic mass is 9.92. The van der Waals surface area contributed by atoms with Crippen molar-refractivity contribution in [2.45, 2.75) is 19.1 Å². The Morgan fingerprint density at radius 1 is 1.38 bits per heavy atom. The second-order valence-corrected chi connectivity index (χ2v) is 5.54. The summed E-state index contributed by atoms with van der Waals surface area (Å²) in [5, 5.41) is 9.74. The SMILES string of the molecule is CC(C(=O)O)C1=CC2N=C(c3ccc(Cl)cc3)OC2C=C1. The average Bonchev–Trinajstić information content (AvgIpc) is 2.89. The molecule has 1 N–H and O–H groups in total. The van der Waals surface area contributed by atoms with Crippen LogP contribution in [0.2, 0.25) is 5.02 Å². The van der Waals surface area contributed by atoms with E-state index in [2.05, 4.69) is 4.99 Å². The maximum atomic E-state index is 11.1. The predicted octanol–water partition coefficient (Wildman–Crippen LogP) is 3.07. The van der Waals surface area contributed by atoms with E-state index in [0.29, 0.717) is 10.9 Å². The highest BCUT2D eigenvalue weighted by atomic mass is 35.5. The Kier molecular flexibility index (Phi) is 3.55. The van der Waals surface area contributed by atoms with E-state index in [1.165, 1.54) is 0 Å². The number of hydrogen-bond acceptors (Lipinski definition) is 3. The first-order chi connectivity index (χ1) is 10.0. The van der Waals surface area contributed by atoms with Crippen LogP contribution in [0.4, 0.5) is 0 Å². The molecule has 0 bridgehead atoms. The average molecular weight is 304 g/mol. The summed E-state index contributed by atoms with van der Waals surface area (Å²) in [7, 11) is 0. The van der Waals surface area contributed by atoms with Crippen molar-refractivity contribution < 1.29 is 14.6 Å². The van der Waals surface area contributed by atoms with Gasteiger partial charge in [-0.25, -0.2) is 4.99 Å². The van der Waals surface area contributed by atoms with E-state index < -0.39 is 11.9 Å². The molecule has 1 heterocycles. The number of rotatable bonds is 3. The van der Waals surface area contributed by atoms with Crippen LogP contribution in [0.1, 0.15) is 12.5 Å². The van der Waals surface area contributed by atoms with Gasteiger partial charge < -0.3 is 9.84 Å². The zero-order valence-electron chi connectivity index (χ0n) is 11.4. The van der Waals surface area contributed by atoms with Gasteiger partial charge in [-0.1, -0.05) is 23.8 Å². The zero-order chi connectivity index (χ0) is 15.0. The van der Waals surface area contributed by atoms with Crippen molar-refractivity contribution in [3.05, 3.63) is 58.7 Å². The van der Waals surface area contributed by atoms with Crippen LogP contribution in [0.25, 0.3) is 0 Å². The third-order valence-corrected chi connectivity index (χ3v) is 3.91. The topological polar surface area (TPSA) is 58.9 Å². The molecule has 0 amide bonds. The van der Waals surface area contributed by atoms with Crippen LogP contribution in [0.15, 0.2) is 53.1 Å². The van der Waals surface area contributed by atoms with E-state index >= 15 is 0 Å². The molecule has 21 heavy (non-hydrogen) atoms. The van der Waals surface area contributed by atoms with Crippen molar-refractivity contribution in [1.82, 2.24) is 0 Å². The van der Waals surface area contributed by atoms with E-state index in [9.17, 15) is 4.79 Å². The van der Waals surface area contributed by atoms with E-state index in [1.807, 2.05) is 24.3 Å². The number of aliphatic imine (C=N–C) groups is 1. The number of carbonyl (C=O) groups is 1. The summed E-state index contributed by atoms with van der Waals surface area (Å²) >= 11 is 5.87. The molecule has 3 unspecified atom stereocenters. The van der Waals surface area contributed by atoms with Crippen molar-refractivity contribution >= 4 is 23.5 Å². The Morgan fingerprint density at radius 2 is 2.10 bits per heavy atom. The van der Waals surface area contributed by atoms with Crippen molar-refractivity contribution in [2.24, 2.45) is 10.9 Å². The van der Waals surface area contributed by atoms with E-state index in [1.54, 1.807) is 25.1 Å². The highest BCUT2D eigenvalue weighted by molar-refractivity contribution is 6.30. The molecular weight excluding hydrogens is 290 g/mol. The fraction of sp³-hybridized carbons (Fsp3) is 0.250. The summed E-state index contributed by atoms with van der Waals surface area (Å²) in [6.07, 6.45) is 5.37. The summed E-state index contributed by atoms with van der Waals surface area (Å²) in [5.41, 5.74) is 1.62. The van der Waals surface area contributed by atoms with Gasteiger partial charge in [0.05, 0.1) is 5.92 Å². The van der Waals surface area contributed by atoms with Gasteiger partial charge in [0.1, 0.15) is 12.1 Å². The summed E-state index contributed by atoms with van der Waals surface area (Å²) < 4.78 is 5.81. The molecule has 1 aromatic carbocycles. The van der Waals surface area contributed by atoms with E-state index in [-0.39, 0.29) is 12.1 Å². The predicted molar refractivity (Wildman–Crippen MR) is 80.7 cm³/mol. The van der Waals surface area contributed by atoms with Crippen LogP contribution in [-0.2, 0) is 9.53 Å². The second kappa shape index (κ2) is 5.37. The summed E-state index contributed by atoms with van der Waals surface area (Å²) in [4.78, 5) is 15.6. The third-order valence-electron chi connectivity index (χ3n) is 3.65. The number of allylic oxidation sites excluding steroid dienone is 1. The summed E-state index contributed by atoms with van der Waals surface area (Å²) in [5.74, 6) is -0.825. The Bertz CT molecular complexity index is 661. The molecule has 1 aliphatic carbocycles. The van der Waals surface area contributed by atoms with Crippen LogP contribution in [0.3, 0.4) is 0 Å². The van der Waals surface area contributed by atoms with Gasteiger partial charge in [0.15, 0.2) is 0 Å². The Balaban J connectivity index is 1.85. The van der Waals surface area contributed by atoms with Crippen molar-refractivity contribution in [3.8, 4) is 0 Å². The standard InChI is InChI=1S/C16H14ClNO3/c1-9(16(19)20)11-4-7-14-13(8-11)18-15(21-14)10-2-5-12(17)6-3-10/h2-9,13-14H,1H3,(H,19,20). The summed E-state index contributed by atoms with van der Waals surface area (Å²) in [6.45, 7) is 1.67. The number of halogens is 1. The van der Waals surface area contributed by atoms with Crippen LogP contribution in [0, 0.1) is 5.92 Å². The first-order valence-electron chi connectivity index (χ1n) is 6.68. The number of ether oxygens (including phenoxy) is 1. The molecule has 3 atom stereocenters. The maximum absolute atomic E-state index is 11.1. The number of hydrogen-bond donors (Lipinski definition) is 1. The van der Waals surface area contributed by atoms with Crippen LogP contribution >= 0.6 is 11.6 Å². The van der Waals surface area contributed by atoms with Gasteiger partial charge in [-0.2, -0.15) is 0 Å².